The molecule has 5 aromatic rings. The molecule has 0 N–H and O–H groups in total. The van der Waals surface area contributed by atoms with E-state index in [0.29, 0.717) is 6.42 Å². The summed E-state index contributed by atoms with van der Waals surface area (Å²) in [4.78, 5) is 10.2. The van der Waals surface area contributed by atoms with Crippen LogP contribution >= 0.6 is 0 Å². The molecule has 1 aliphatic rings. The van der Waals surface area contributed by atoms with E-state index in [9.17, 15) is 0 Å². The van der Waals surface area contributed by atoms with E-state index < -0.39 is 0 Å². The highest BCUT2D eigenvalue weighted by Crippen LogP contribution is 2.34. The summed E-state index contributed by atoms with van der Waals surface area (Å²) in [5.74, 6) is 0.274. The zero-order valence-corrected chi connectivity index (χ0v) is 25.3. The normalized spacial score (nSPS) is 15.7. The van der Waals surface area contributed by atoms with Crippen LogP contribution in [0.5, 0.6) is 0 Å². The van der Waals surface area contributed by atoms with Gasteiger partial charge in [-0.15, -0.1) is 0 Å². The number of hydrogen-bond donors (Lipinski definition) is 0. The first-order chi connectivity index (χ1) is 21.7. The monoisotopic (exact) mass is 570 g/mol. The molecule has 6 rings (SSSR count). The summed E-state index contributed by atoms with van der Waals surface area (Å²) >= 11 is 0. The van der Waals surface area contributed by atoms with Crippen LogP contribution in [0.2, 0.25) is 0 Å². The van der Waals surface area contributed by atoms with Crippen molar-refractivity contribution in [3.63, 3.8) is 0 Å². The van der Waals surface area contributed by atoms with Crippen LogP contribution in [0.15, 0.2) is 174 Å². The molecule has 0 bridgehead atoms. The molecule has 0 aromatic heterocycles. The average Bonchev–Trinajstić information content (AvgIpc) is 3.11. The van der Waals surface area contributed by atoms with Crippen molar-refractivity contribution in [3.05, 3.63) is 192 Å². The smallest absolute Gasteiger partial charge is 0.165 e. The fraction of sp³-hybridized carbons (Fsp3) is 0.143. The van der Waals surface area contributed by atoms with Gasteiger partial charge in [-0.3, -0.25) is 9.98 Å². The van der Waals surface area contributed by atoms with Gasteiger partial charge in [0.15, 0.2) is 6.17 Å². The second kappa shape index (κ2) is 13.9. The molecule has 0 aliphatic carbocycles. The Balaban J connectivity index is 1.31. The molecule has 1 heterocycles. The lowest BCUT2D eigenvalue weighted by Crippen LogP contribution is -2.18. The number of nitrogens with zero attached hydrogens (tertiary/aromatic N) is 2. The van der Waals surface area contributed by atoms with Crippen LogP contribution in [0.25, 0.3) is 11.1 Å². The van der Waals surface area contributed by atoms with Gasteiger partial charge in [0.25, 0.3) is 0 Å². The van der Waals surface area contributed by atoms with Crippen molar-refractivity contribution in [3.8, 4) is 11.1 Å². The molecule has 0 fully saturated rings. The minimum absolute atomic E-state index is 0.246. The molecule has 2 unspecified atom stereocenters. The van der Waals surface area contributed by atoms with Crippen LogP contribution < -0.4 is 0 Å². The van der Waals surface area contributed by atoms with Crippen LogP contribution in [0.3, 0.4) is 0 Å². The minimum Gasteiger partial charge on any atom is -0.257 e. The number of hydrogen-bond acceptors (Lipinski definition) is 2. The average molecular weight is 571 g/mol. The molecule has 0 spiro atoms. The topological polar surface area (TPSA) is 24.7 Å². The van der Waals surface area contributed by atoms with Crippen molar-refractivity contribution in [2.75, 3.05) is 0 Å². The summed E-state index contributed by atoms with van der Waals surface area (Å²) in [6.07, 6.45) is 6.61. The van der Waals surface area contributed by atoms with E-state index in [1.807, 2.05) is 12.1 Å². The molecule has 0 saturated carbocycles. The molecule has 2 heteroatoms. The maximum Gasteiger partial charge on any atom is 0.165 e. The summed E-state index contributed by atoms with van der Waals surface area (Å²) in [5, 5.41) is 0. The van der Waals surface area contributed by atoms with E-state index in [0.717, 1.165) is 41.0 Å². The third kappa shape index (κ3) is 6.76. The van der Waals surface area contributed by atoms with Crippen molar-refractivity contribution in [2.24, 2.45) is 9.98 Å². The zero-order valence-electron chi connectivity index (χ0n) is 25.3. The predicted molar refractivity (Wildman–Crippen MR) is 187 cm³/mol. The maximum atomic E-state index is 5.16. The Labute approximate surface area is 261 Å². The van der Waals surface area contributed by atoms with E-state index >= 15 is 0 Å². The highest BCUT2D eigenvalue weighted by Gasteiger charge is 2.22. The lowest BCUT2D eigenvalue weighted by molar-refractivity contribution is 0.717. The molecular formula is C42H38N2. The minimum atomic E-state index is -0.246. The van der Waals surface area contributed by atoms with Gasteiger partial charge in [-0.05, 0) is 58.7 Å². The van der Waals surface area contributed by atoms with Crippen LogP contribution in [0.4, 0.5) is 0 Å². The third-order valence-corrected chi connectivity index (χ3v) is 8.52. The third-order valence-electron chi connectivity index (χ3n) is 8.52. The summed E-state index contributed by atoms with van der Waals surface area (Å²) < 4.78 is 0. The summed E-state index contributed by atoms with van der Waals surface area (Å²) in [6.45, 7) is 6.12. The summed E-state index contributed by atoms with van der Waals surface area (Å²) in [5.41, 5.74) is 12.0. The van der Waals surface area contributed by atoms with E-state index in [1.54, 1.807) is 0 Å². The SMILES string of the molecule is C=CC(=CC)CCC(c1ccc(C2=NC(c3ccccc3)N=C(c3ccccc3)C2)cc1)c1ccc(-c2ccccc2)cc1. The summed E-state index contributed by atoms with van der Waals surface area (Å²) in [7, 11) is 0. The van der Waals surface area contributed by atoms with Gasteiger partial charge in [0.05, 0.1) is 11.4 Å². The number of aliphatic imine (C=N–C) groups is 2. The lowest BCUT2D eigenvalue weighted by Gasteiger charge is -2.22. The quantitative estimate of drug-likeness (QED) is 0.149. The molecular weight excluding hydrogens is 532 g/mol. The maximum absolute atomic E-state index is 5.16. The van der Waals surface area contributed by atoms with Crippen LogP contribution in [0.1, 0.15) is 66.1 Å². The molecule has 216 valence electrons. The van der Waals surface area contributed by atoms with Crippen molar-refractivity contribution in [1.29, 1.82) is 0 Å². The number of benzene rings is 5. The second-order valence-electron chi connectivity index (χ2n) is 11.2. The Morgan fingerprint density at radius 2 is 1.09 bits per heavy atom. The van der Waals surface area contributed by atoms with Gasteiger partial charge < -0.3 is 0 Å². The second-order valence-corrected chi connectivity index (χ2v) is 11.2. The molecule has 1 aliphatic heterocycles. The molecule has 0 saturated heterocycles. The van der Waals surface area contributed by atoms with E-state index in [2.05, 4.69) is 153 Å². The highest BCUT2D eigenvalue weighted by molar-refractivity contribution is 6.18. The van der Waals surface area contributed by atoms with Gasteiger partial charge in [0.2, 0.25) is 0 Å². The van der Waals surface area contributed by atoms with E-state index in [4.69, 9.17) is 9.98 Å². The number of rotatable bonds is 10. The van der Waals surface area contributed by atoms with Gasteiger partial charge in [0, 0.05) is 12.3 Å². The van der Waals surface area contributed by atoms with Crippen molar-refractivity contribution in [1.82, 2.24) is 0 Å². The Bertz CT molecular complexity index is 1760. The van der Waals surface area contributed by atoms with E-state index in [-0.39, 0.29) is 12.1 Å². The highest BCUT2D eigenvalue weighted by atomic mass is 15.0. The molecule has 2 nitrogen and oxygen atoms in total. The van der Waals surface area contributed by atoms with Crippen LogP contribution in [-0.4, -0.2) is 11.4 Å². The molecule has 2 atom stereocenters. The number of allylic oxidation sites excluding steroid dienone is 3. The Hall–Kier alpha value is -5.08. The van der Waals surface area contributed by atoms with Crippen molar-refractivity contribution < 1.29 is 0 Å². The first-order valence-electron chi connectivity index (χ1n) is 15.5. The van der Waals surface area contributed by atoms with Crippen LogP contribution in [0, 0.1) is 0 Å². The Morgan fingerprint density at radius 1 is 0.636 bits per heavy atom. The van der Waals surface area contributed by atoms with Gasteiger partial charge in [-0.2, -0.15) is 0 Å². The predicted octanol–water partition coefficient (Wildman–Crippen LogP) is 10.8. The molecule has 0 amide bonds. The fourth-order valence-corrected chi connectivity index (χ4v) is 5.98. The molecule has 44 heavy (non-hydrogen) atoms. The Morgan fingerprint density at radius 3 is 1.61 bits per heavy atom. The van der Waals surface area contributed by atoms with Gasteiger partial charge >= 0.3 is 0 Å². The van der Waals surface area contributed by atoms with Crippen molar-refractivity contribution in [2.45, 2.75) is 38.3 Å². The van der Waals surface area contributed by atoms with Gasteiger partial charge in [-0.25, -0.2) is 0 Å². The zero-order chi connectivity index (χ0) is 30.1. The largest absolute Gasteiger partial charge is 0.257 e. The van der Waals surface area contributed by atoms with E-state index in [1.165, 1.54) is 27.8 Å². The molecule has 5 aromatic carbocycles. The lowest BCUT2D eigenvalue weighted by atomic mass is 9.85. The van der Waals surface area contributed by atoms with Crippen LogP contribution in [-0.2, 0) is 0 Å². The standard InChI is InChI=1S/C42H38N2/c1-3-31(4-2)20-29-39(34-23-21-33(22-24-34)32-14-8-5-9-15-32)35-25-27-37(28-26-35)41-30-40(36-16-10-6-11-17-36)43-42(44-41)38-18-12-7-13-19-38/h3-19,21-28,39,42H,1,20,29-30H2,2H3. The Kier molecular flexibility index (Phi) is 9.18. The summed E-state index contributed by atoms with van der Waals surface area (Å²) in [6, 6.07) is 49.6. The fourth-order valence-electron chi connectivity index (χ4n) is 5.98. The van der Waals surface area contributed by atoms with Gasteiger partial charge in [0.1, 0.15) is 0 Å². The first-order valence-corrected chi connectivity index (χ1v) is 15.5. The van der Waals surface area contributed by atoms with Gasteiger partial charge in [-0.1, -0.05) is 164 Å². The first kappa shape index (κ1) is 29.0. The van der Waals surface area contributed by atoms with Crippen molar-refractivity contribution >= 4 is 11.4 Å². The molecule has 0 radical (unpaired) electrons.